The molecule has 1 aromatic carbocycles. The minimum Gasteiger partial charge on any atom is -0.354 e. The first-order chi connectivity index (χ1) is 13.0. The van der Waals surface area contributed by atoms with E-state index in [1.807, 2.05) is 36.1 Å². The SMILES string of the molecule is Cc1nc2ccccc2c(=O)n1CC1CCN(c2ncc(Cl)cc2F)CC1. The minimum absolute atomic E-state index is 0.00550. The van der Waals surface area contributed by atoms with Crippen LogP contribution in [0.3, 0.4) is 0 Å². The first-order valence-corrected chi connectivity index (χ1v) is 9.43. The van der Waals surface area contributed by atoms with Gasteiger partial charge in [-0.2, -0.15) is 0 Å². The number of rotatable bonds is 3. The molecule has 1 fully saturated rings. The van der Waals surface area contributed by atoms with Crippen LogP contribution < -0.4 is 10.5 Å². The summed E-state index contributed by atoms with van der Waals surface area (Å²) in [6.45, 7) is 3.90. The van der Waals surface area contributed by atoms with Gasteiger partial charge in [-0.05, 0) is 43.9 Å². The molecule has 2 aromatic heterocycles. The van der Waals surface area contributed by atoms with Gasteiger partial charge < -0.3 is 4.90 Å². The van der Waals surface area contributed by atoms with Crippen LogP contribution in [0.25, 0.3) is 10.9 Å². The molecule has 7 heteroatoms. The highest BCUT2D eigenvalue weighted by Crippen LogP contribution is 2.26. The lowest BCUT2D eigenvalue weighted by Crippen LogP contribution is -2.37. The summed E-state index contributed by atoms with van der Waals surface area (Å²) in [4.78, 5) is 23.5. The Morgan fingerprint density at radius 3 is 2.74 bits per heavy atom. The number of piperidine rings is 1. The Balaban J connectivity index is 1.50. The van der Waals surface area contributed by atoms with Gasteiger partial charge >= 0.3 is 0 Å². The Bertz CT molecular complexity index is 1040. The lowest BCUT2D eigenvalue weighted by Gasteiger charge is -2.33. The topological polar surface area (TPSA) is 51.0 Å². The van der Waals surface area contributed by atoms with E-state index in [1.54, 1.807) is 4.57 Å². The molecule has 0 saturated carbocycles. The summed E-state index contributed by atoms with van der Waals surface area (Å²) in [6, 6.07) is 8.72. The Hall–Kier alpha value is -2.47. The number of para-hydroxylation sites is 1. The second-order valence-electron chi connectivity index (χ2n) is 6.98. The van der Waals surface area contributed by atoms with Gasteiger partial charge in [0, 0.05) is 25.8 Å². The second-order valence-corrected chi connectivity index (χ2v) is 7.42. The average Bonchev–Trinajstić information content (AvgIpc) is 2.66. The molecule has 1 saturated heterocycles. The number of anilines is 1. The van der Waals surface area contributed by atoms with Gasteiger partial charge in [0.2, 0.25) is 0 Å². The van der Waals surface area contributed by atoms with Crippen molar-refractivity contribution in [2.75, 3.05) is 18.0 Å². The molecule has 0 N–H and O–H groups in total. The van der Waals surface area contributed by atoms with Crippen LogP contribution in [-0.4, -0.2) is 27.6 Å². The van der Waals surface area contributed by atoms with Gasteiger partial charge in [-0.1, -0.05) is 23.7 Å². The van der Waals surface area contributed by atoms with Crippen molar-refractivity contribution in [2.24, 2.45) is 5.92 Å². The molecule has 0 aliphatic carbocycles. The van der Waals surface area contributed by atoms with E-state index in [-0.39, 0.29) is 5.56 Å². The van der Waals surface area contributed by atoms with Crippen LogP contribution in [0, 0.1) is 18.7 Å². The summed E-state index contributed by atoms with van der Waals surface area (Å²) in [7, 11) is 0. The van der Waals surface area contributed by atoms with Crippen molar-refractivity contribution >= 4 is 28.3 Å². The summed E-state index contributed by atoms with van der Waals surface area (Å²) in [5.41, 5.74) is 0.737. The number of nitrogens with zero attached hydrogens (tertiary/aromatic N) is 4. The number of aryl methyl sites for hydroxylation is 1. The molecule has 27 heavy (non-hydrogen) atoms. The summed E-state index contributed by atoms with van der Waals surface area (Å²) < 4.78 is 15.9. The third-order valence-electron chi connectivity index (χ3n) is 5.20. The molecule has 0 bridgehead atoms. The molecule has 0 unspecified atom stereocenters. The highest BCUT2D eigenvalue weighted by atomic mass is 35.5. The maximum Gasteiger partial charge on any atom is 0.261 e. The molecule has 0 atom stereocenters. The van der Waals surface area contributed by atoms with Gasteiger partial charge in [0.15, 0.2) is 11.6 Å². The quantitative estimate of drug-likeness (QED) is 0.686. The van der Waals surface area contributed by atoms with Crippen molar-refractivity contribution in [1.82, 2.24) is 14.5 Å². The van der Waals surface area contributed by atoms with Gasteiger partial charge in [0.1, 0.15) is 5.82 Å². The molecular formula is C20H20ClFN4O. The lowest BCUT2D eigenvalue weighted by molar-refractivity contribution is 0.346. The van der Waals surface area contributed by atoms with Crippen molar-refractivity contribution < 1.29 is 4.39 Å². The number of aromatic nitrogens is 3. The van der Waals surface area contributed by atoms with E-state index in [1.165, 1.54) is 12.3 Å². The second kappa shape index (κ2) is 7.27. The fraction of sp³-hybridized carbons (Fsp3) is 0.350. The predicted molar refractivity (Wildman–Crippen MR) is 105 cm³/mol. The van der Waals surface area contributed by atoms with Gasteiger partial charge in [-0.15, -0.1) is 0 Å². The maximum atomic E-state index is 14.1. The van der Waals surface area contributed by atoms with Crippen LogP contribution in [0.15, 0.2) is 41.3 Å². The molecular weight excluding hydrogens is 367 g/mol. The predicted octanol–water partition coefficient (Wildman–Crippen LogP) is 3.81. The Morgan fingerprint density at radius 2 is 2.00 bits per heavy atom. The fourth-order valence-corrected chi connectivity index (χ4v) is 3.86. The third kappa shape index (κ3) is 3.54. The van der Waals surface area contributed by atoms with E-state index in [4.69, 9.17) is 11.6 Å². The minimum atomic E-state index is -0.397. The Kier molecular flexibility index (Phi) is 4.83. The number of pyridine rings is 1. The van der Waals surface area contributed by atoms with Gasteiger partial charge in [0.25, 0.3) is 5.56 Å². The van der Waals surface area contributed by atoms with Crippen molar-refractivity contribution in [2.45, 2.75) is 26.3 Å². The van der Waals surface area contributed by atoms with Gasteiger partial charge in [-0.25, -0.2) is 14.4 Å². The number of benzene rings is 1. The number of fused-ring (bicyclic) bond motifs is 1. The third-order valence-corrected chi connectivity index (χ3v) is 5.40. The standard InChI is InChI=1S/C20H20ClFN4O/c1-13-24-18-5-3-2-4-16(18)20(27)26(13)12-14-6-8-25(9-7-14)19-17(22)10-15(21)11-23-19/h2-5,10-11,14H,6-9,12H2,1H3. The van der Waals surface area contributed by atoms with Crippen LogP contribution in [-0.2, 0) is 6.54 Å². The monoisotopic (exact) mass is 386 g/mol. The molecule has 5 nitrogen and oxygen atoms in total. The summed E-state index contributed by atoms with van der Waals surface area (Å²) >= 11 is 5.78. The Morgan fingerprint density at radius 1 is 1.26 bits per heavy atom. The van der Waals surface area contributed by atoms with Crippen molar-refractivity contribution in [3.8, 4) is 0 Å². The Labute approximate surface area is 161 Å². The lowest BCUT2D eigenvalue weighted by atomic mass is 9.96. The van der Waals surface area contributed by atoms with Gasteiger partial charge in [-0.3, -0.25) is 9.36 Å². The van der Waals surface area contributed by atoms with E-state index in [9.17, 15) is 9.18 Å². The molecule has 0 amide bonds. The van der Waals surface area contributed by atoms with Crippen LogP contribution in [0.5, 0.6) is 0 Å². The van der Waals surface area contributed by atoms with Crippen molar-refractivity contribution in [1.29, 1.82) is 0 Å². The summed E-state index contributed by atoms with van der Waals surface area (Å²) in [6.07, 6.45) is 3.20. The van der Waals surface area contributed by atoms with E-state index < -0.39 is 5.82 Å². The molecule has 3 heterocycles. The van der Waals surface area contributed by atoms with Crippen molar-refractivity contribution in [3.63, 3.8) is 0 Å². The highest BCUT2D eigenvalue weighted by Gasteiger charge is 2.23. The van der Waals surface area contributed by atoms with Crippen LogP contribution in [0.2, 0.25) is 5.02 Å². The van der Waals surface area contributed by atoms with E-state index >= 15 is 0 Å². The van der Waals surface area contributed by atoms with Crippen LogP contribution in [0.4, 0.5) is 10.2 Å². The van der Waals surface area contributed by atoms with E-state index in [0.29, 0.717) is 41.8 Å². The summed E-state index contributed by atoms with van der Waals surface area (Å²) in [5, 5.41) is 0.942. The van der Waals surface area contributed by atoms with E-state index in [0.717, 1.165) is 24.2 Å². The molecule has 1 aliphatic rings. The molecule has 0 radical (unpaired) electrons. The normalized spacial score (nSPS) is 15.4. The number of hydrogen-bond donors (Lipinski definition) is 0. The average molecular weight is 387 g/mol. The molecule has 1 aliphatic heterocycles. The van der Waals surface area contributed by atoms with E-state index in [2.05, 4.69) is 9.97 Å². The first-order valence-electron chi connectivity index (χ1n) is 9.05. The summed E-state index contributed by atoms with van der Waals surface area (Å²) in [5.74, 6) is 1.02. The molecule has 4 rings (SSSR count). The molecule has 3 aromatic rings. The van der Waals surface area contributed by atoms with Crippen molar-refractivity contribution in [3.05, 3.63) is 63.5 Å². The zero-order valence-corrected chi connectivity index (χ0v) is 15.8. The molecule has 140 valence electrons. The highest BCUT2D eigenvalue weighted by molar-refractivity contribution is 6.30. The number of hydrogen-bond acceptors (Lipinski definition) is 4. The zero-order valence-electron chi connectivity index (χ0n) is 15.0. The zero-order chi connectivity index (χ0) is 19.0. The number of halogens is 2. The van der Waals surface area contributed by atoms with Crippen LogP contribution in [0.1, 0.15) is 18.7 Å². The fourth-order valence-electron chi connectivity index (χ4n) is 3.72. The first kappa shape index (κ1) is 17.9. The van der Waals surface area contributed by atoms with Gasteiger partial charge in [0.05, 0.1) is 15.9 Å². The molecule has 0 spiro atoms. The largest absolute Gasteiger partial charge is 0.354 e. The smallest absolute Gasteiger partial charge is 0.261 e. The maximum absolute atomic E-state index is 14.1. The van der Waals surface area contributed by atoms with Crippen LogP contribution >= 0.6 is 11.6 Å².